The average molecular weight is 358 g/mol. The van der Waals surface area contributed by atoms with Crippen molar-refractivity contribution in [3.8, 4) is 0 Å². The molecule has 0 fully saturated rings. The van der Waals surface area contributed by atoms with Gasteiger partial charge < -0.3 is 15.7 Å². The summed E-state index contributed by atoms with van der Waals surface area (Å²) in [6, 6.07) is 16.5. The Morgan fingerprint density at radius 1 is 1.08 bits per heavy atom. The largest absolute Gasteiger partial charge is 0.387 e. The third-order valence-electron chi connectivity index (χ3n) is 3.51. The maximum absolute atomic E-state index is 12.2. The number of thioether (sulfide) groups is 1. The van der Waals surface area contributed by atoms with Gasteiger partial charge in [-0.15, -0.1) is 11.8 Å². The molecule has 0 aliphatic rings. The molecule has 25 heavy (non-hydrogen) atoms. The Bertz CT molecular complexity index is 704. The molecule has 0 spiro atoms. The van der Waals surface area contributed by atoms with E-state index in [0.29, 0.717) is 0 Å². The highest BCUT2D eigenvalue weighted by molar-refractivity contribution is 8.00. The van der Waals surface area contributed by atoms with E-state index >= 15 is 0 Å². The minimum atomic E-state index is -0.723. The van der Waals surface area contributed by atoms with Gasteiger partial charge in [-0.25, -0.2) is 0 Å². The van der Waals surface area contributed by atoms with E-state index in [0.717, 1.165) is 16.1 Å². The van der Waals surface area contributed by atoms with Crippen molar-refractivity contribution in [3.05, 3.63) is 60.2 Å². The van der Waals surface area contributed by atoms with Crippen molar-refractivity contribution in [1.29, 1.82) is 0 Å². The van der Waals surface area contributed by atoms with Gasteiger partial charge in [-0.3, -0.25) is 9.59 Å². The smallest absolute Gasteiger partial charge is 0.233 e. The molecule has 0 saturated heterocycles. The average Bonchev–Trinajstić information content (AvgIpc) is 2.61. The molecule has 0 radical (unpaired) electrons. The van der Waals surface area contributed by atoms with Gasteiger partial charge in [0.05, 0.1) is 11.4 Å². The van der Waals surface area contributed by atoms with E-state index in [4.69, 9.17) is 0 Å². The zero-order chi connectivity index (χ0) is 18.2. The van der Waals surface area contributed by atoms with Crippen LogP contribution in [0.25, 0.3) is 0 Å². The van der Waals surface area contributed by atoms with Gasteiger partial charge in [0.15, 0.2) is 0 Å². The summed E-state index contributed by atoms with van der Waals surface area (Å²) in [7, 11) is 0. The number of anilines is 1. The minimum absolute atomic E-state index is 0.120. The number of rotatable bonds is 7. The van der Waals surface area contributed by atoms with Crippen molar-refractivity contribution < 1.29 is 14.7 Å². The monoisotopic (exact) mass is 358 g/mol. The third kappa shape index (κ3) is 6.25. The number of carbonyl (C=O) groups is 2. The molecule has 0 aliphatic heterocycles. The second-order valence-corrected chi connectivity index (χ2v) is 7.05. The van der Waals surface area contributed by atoms with Gasteiger partial charge in [-0.05, 0) is 36.8 Å². The summed E-state index contributed by atoms with van der Waals surface area (Å²) >= 11 is 1.42. The predicted octanol–water partition coefficient (Wildman–Crippen LogP) is 2.98. The van der Waals surface area contributed by atoms with Crippen LogP contribution in [0.3, 0.4) is 0 Å². The van der Waals surface area contributed by atoms with Crippen molar-refractivity contribution in [2.45, 2.75) is 30.1 Å². The molecule has 0 heterocycles. The number of amides is 2. The Morgan fingerprint density at radius 2 is 1.72 bits per heavy atom. The summed E-state index contributed by atoms with van der Waals surface area (Å²) in [5.41, 5.74) is 1.50. The Kier molecular flexibility index (Phi) is 7.03. The molecule has 2 amide bonds. The van der Waals surface area contributed by atoms with Gasteiger partial charge in [0.25, 0.3) is 0 Å². The lowest BCUT2D eigenvalue weighted by Crippen LogP contribution is -2.34. The molecule has 2 aromatic rings. The van der Waals surface area contributed by atoms with Crippen LogP contribution < -0.4 is 10.6 Å². The Balaban J connectivity index is 1.82. The molecular weight excluding hydrogens is 336 g/mol. The predicted molar refractivity (Wildman–Crippen MR) is 100 cm³/mol. The molecule has 0 saturated carbocycles. The number of carbonyl (C=O) groups excluding carboxylic acids is 2. The van der Waals surface area contributed by atoms with Gasteiger partial charge in [0, 0.05) is 24.1 Å². The topological polar surface area (TPSA) is 78.4 Å². The lowest BCUT2D eigenvalue weighted by atomic mass is 10.1. The molecule has 3 N–H and O–H groups in total. The van der Waals surface area contributed by atoms with Crippen LogP contribution in [-0.2, 0) is 9.59 Å². The number of aliphatic hydroxyl groups excluding tert-OH is 1. The summed E-state index contributed by atoms with van der Waals surface area (Å²) in [5, 5.41) is 15.3. The number of nitrogens with one attached hydrogen (secondary N) is 2. The lowest BCUT2D eigenvalue weighted by Gasteiger charge is -2.15. The zero-order valence-electron chi connectivity index (χ0n) is 14.2. The van der Waals surface area contributed by atoms with Crippen molar-refractivity contribution in [3.63, 3.8) is 0 Å². The van der Waals surface area contributed by atoms with Crippen molar-refractivity contribution >= 4 is 29.3 Å². The van der Waals surface area contributed by atoms with Crippen molar-refractivity contribution in [1.82, 2.24) is 5.32 Å². The molecule has 2 rings (SSSR count). The standard InChI is InChI=1S/C19H22N2O3S/c1-13(25-17-10-8-16(9-11-17)21-14(2)22)19(24)20-12-18(23)15-6-4-3-5-7-15/h3-11,13,18,23H,12H2,1-2H3,(H,20,24)(H,21,22)/t13-,18+/m1/s1. The first kappa shape index (κ1) is 19.0. The molecule has 0 aliphatic carbocycles. The summed E-state index contributed by atoms with van der Waals surface area (Å²) in [6.45, 7) is 3.45. The van der Waals surface area contributed by atoms with E-state index in [1.54, 1.807) is 12.1 Å². The van der Waals surface area contributed by atoms with E-state index < -0.39 is 6.10 Å². The van der Waals surface area contributed by atoms with Crippen LogP contribution in [0, 0.1) is 0 Å². The maximum Gasteiger partial charge on any atom is 0.233 e. The molecular formula is C19H22N2O3S. The summed E-state index contributed by atoms with van der Waals surface area (Å²) in [5.74, 6) is -0.254. The normalized spacial score (nSPS) is 12.9. The Hall–Kier alpha value is -2.31. The van der Waals surface area contributed by atoms with Crippen LogP contribution in [-0.4, -0.2) is 28.7 Å². The summed E-state index contributed by atoms with van der Waals surface area (Å²) < 4.78 is 0. The quantitative estimate of drug-likeness (QED) is 0.665. The highest BCUT2D eigenvalue weighted by Crippen LogP contribution is 2.25. The highest BCUT2D eigenvalue weighted by atomic mass is 32.2. The molecule has 6 heteroatoms. The summed E-state index contributed by atoms with van der Waals surface area (Å²) in [6.07, 6.45) is -0.723. The number of aliphatic hydroxyl groups is 1. The van der Waals surface area contributed by atoms with E-state index in [2.05, 4.69) is 10.6 Å². The van der Waals surface area contributed by atoms with Crippen LogP contribution in [0.2, 0.25) is 0 Å². The van der Waals surface area contributed by atoms with E-state index in [9.17, 15) is 14.7 Å². The fourth-order valence-corrected chi connectivity index (χ4v) is 3.10. The molecule has 0 unspecified atom stereocenters. The molecule has 0 aromatic heterocycles. The molecule has 2 aromatic carbocycles. The first-order valence-electron chi connectivity index (χ1n) is 8.00. The van der Waals surface area contributed by atoms with Crippen molar-refractivity contribution in [2.24, 2.45) is 0 Å². The van der Waals surface area contributed by atoms with Gasteiger partial charge >= 0.3 is 0 Å². The third-order valence-corrected chi connectivity index (χ3v) is 4.62. The van der Waals surface area contributed by atoms with E-state index in [1.807, 2.05) is 49.4 Å². The first-order valence-corrected chi connectivity index (χ1v) is 8.88. The van der Waals surface area contributed by atoms with Gasteiger partial charge in [-0.1, -0.05) is 30.3 Å². The fraction of sp³-hybridized carbons (Fsp3) is 0.263. The van der Waals surface area contributed by atoms with Crippen LogP contribution in [0.1, 0.15) is 25.5 Å². The SMILES string of the molecule is CC(=O)Nc1ccc(S[C@H](C)C(=O)NC[C@H](O)c2ccccc2)cc1. The second-order valence-electron chi connectivity index (χ2n) is 5.64. The lowest BCUT2D eigenvalue weighted by molar-refractivity contribution is -0.120. The Labute approximate surface area is 151 Å². The molecule has 132 valence electrons. The zero-order valence-corrected chi connectivity index (χ0v) is 15.0. The van der Waals surface area contributed by atoms with Crippen LogP contribution in [0.15, 0.2) is 59.5 Å². The summed E-state index contributed by atoms with van der Waals surface area (Å²) in [4.78, 5) is 24.1. The Morgan fingerprint density at radius 3 is 2.32 bits per heavy atom. The number of hydrogen-bond donors (Lipinski definition) is 3. The van der Waals surface area contributed by atoms with Crippen molar-refractivity contribution in [2.75, 3.05) is 11.9 Å². The maximum atomic E-state index is 12.2. The minimum Gasteiger partial charge on any atom is -0.387 e. The molecule has 0 bridgehead atoms. The molecule has 5 nitrogen and oxygen atoms in total. The number of hydrogen-bond acceptors (Lipinski definition) is 4. The first-order chi connectivity index (χ1) is 12.0. The van der Waals surface area contributed by atoms with E-state index in [1.165, 1.54) is 18.7 Å². The van der Waals surface area contributed by atoms with E-state index in [-0.39, 0.29) is 23.6 Å². The van der Waals surface area contributed by atoms with Crippen LogP contribution >= 0.6 is 11.8 Å². The second kappa shape index (κ2) is 9.25. The molecule has 2 atom stereocenters. The van der Waals surface area contributed by atoms with Crippen LogP contribution in [0.4, 0.5) is 5.69 Å². The van der Waals surface area contributed by atoms with Gasteiger partial charge in [0.2, 0.25) is 11.8 Å². The fourth-order valence-electron chi connectivity index (χ4n) is 2.21. The van der Waals surface area contributed by atoms with Crippen LogP contribution in [0.5, 0.6) is 0 Å². The highest BCUT2D eigenvalue weighted by Gasteiger charge is 2.16. The number of benzene rings is 2. The van der Waals surface area contributed by atoms with Gasteiger partial charge in [0.1, 0.15) is 0 Å². The van der Waals surface area contributed by atoms with Gasteiger partial charge in [-0.2, -0.15) is 0 Å².